The number of carboxylic acids is 1. The van der Waals surface area contributed by atoms with Crippen LogP contribution in [0.15, 0.2) is 23.1 Å². The minimum atomic E-state index is -0.928. The molecule has 1 heterocycles. The quantitative estimate of drug-likeness (QED) is 0.808. The number of nitrogens with two attached hydrogens (primary N) is 1. The van der Waals surface area contributed by atoms with Gasteiger partial charge in [0.15, 0.2) is 0 Å². The summed E-state index contributed by atoms with van der Waals surface area (Å²) in [6, 6.07) is 4.80. The van der Waals surface area contributed by atoms with E-state index < -0.39 is 5.97 Å². The lowest BCUT2D eigenvalue weighted by Crippen LogP contribution is -2.13. The van der Waals surface area contributed by atoms with Crippen LogP contribution < -0.4 is 5.73 Å². The Morgan fingerprint density at radius 2 is 2.35 bits per heavy atom. The van der Waals surface area contributed by atoms with Gasteiger partial charge >= 0.3 is 5.97 Å². The Labute approximate surface area is 104 Å². The first-order chi connectivity index (χ1) is 8.08. The molecule has 4 nitrogen and oxygen atoms in total. The van der Waals surface area contributed by atoms with E-state index in [2.05, 4.69) is 0 Å². The number of carbonyl (C=O) groups is 1. The fourth-order valence-electron chi connectivity index (χ4n) is 1.80. The molecule has 5 heteroatoms. The Kier molecular flexibility index (Phi) is 3.59. The van der Waals surface area contributed by atoms with Gasteiger partial charge in [0.05, 0.1) is 11.7 Å². The third kappa shape index (κ3) is 2.73. The van der Waals surface area contributed by atoms with Gasteiger partial charge in [0, 0.05) is 22.4 Å². The van der Waals surface area contributed by atoms with Crippen LogP contribution in [0.1, 0.15) is 23.7 Å². The Balaban J connectivity index is 2.19. The summed E-state index contributed by atoms with van der Waals surface area (Å²) in [4.78, 5) is 11.7. The van der Waals surface area contributed by atoms with Crippen LogP contribution in [0.2, 0.25) is 0 Å². The Morgan fingerprint density at radius 3 is 2.94 bits per heavy atom. The second-order valence-electron chi connectivity index (χ2n) is 4.08. The highest BCUT2D eigenvalue weighted by Gasteiger charge is 2.26. The lowest BCUT2D eigenvalue weighted by molar-refractivity contribution is 0.0696. The maximum atomic E-state index is 10.9. The molecular formula is C12H15NO3S. The molecule has 1 fully saturated rings. The average molecular weight is 253 g/mol. The first-order valence-electron chi connectivity index (χ1n) is 5.49. The molecule has 0 aliphatic carbocycles. The summed E-state index contributed by atoms with van der Waals surface area (Å²) in [7, 11) is 0. The molecule has 2 unspecified atom stereocenters. The molecule has 1 aliphatic rings. The van der Waals surface area contributed by atoms with Crippen molar-refractivity contribution in [3.63, 3.8) is 0 Å². The van der Waals surface area contributed by atoms with Gasteiger partial charge in [-0.1, -0.05) is 0 Å². The summed E-state index contributed by atoms with van der Waals surface area (Å²) >= 11 is 1.60. The summed E-state index contributed by atoms with van der Waals surface area (Å²) in [5.74, 6) is -0.928. The number of thioether (sulfide) groups is 1. The van der Waals surface area contributed by atoms with Crippen molar-refractivity contribution in [1.82, 2.24) is 0 Å². The molecule has 0 spiro atoms. The molecule has 1 aliphatic heterocycles. The van der Waals surface area contributed by atoms with Crippen LogP contribution >= 0.6 is 11.8 Å². The van der Waals surface area contributed by atoms with Gasteiger partial charge in [-0.2, -0.15) is 0 Å². The van der Waals surface area contributed by atoms with E-state index in [0.717, 1.165) is 17.9 Å². The number of nitrogen functional groups attached to an aromatic ring is 1. The first kappa shape index (κ1) is 12.3. The zero-order chi connectivity index (χ0) is 12.4. The van der Waals surface area contributed by atoms with Crippen LogP contribution in [0.25, 0.3) is 0 Å². The normalized spacial score (nSPS) is 23.8. The maximum Gasteiger partial charge on any atom is 0.335 e. The highest BCUT2D eigenvalue weighted by Crippen LogP contribution is 2.35. The molecule has 0 saturated carbocycles. The SMILES string of the molecule is CC1OCCC1Sc1cc(C(=O)O)ccc1N. The van der Waals surface area contributed by atoms with Crippen molar-refractivity contribution >= 4 is 23.4 Å². The first-order valence-corrected chi connectivity index (χ1v) is 6.37. The summed E-state index contributed by atoms with van der Waals surface area (Å²) in [6.07, 6.45) is 1.16. The molecule has 3 N–H and O–H groups in total. The van der Waals surface area contributed by atoms with Crippen molar-refractivity contribution in [2.45, 2.75) is 29.6 Å². The van der Waals surface area contributed by atoms with Crippen LogP contribution in [-0.2, 0) is 4.74 Å². The van der Waals surface area contributed by atoms with Gasteiger partial charge in [-0.15, -0.1) is 11.8 Å². The molecule has 1 aromatic rings. The van der Waals surface area contributed by atoms with Crippen LogP contribution in [0, 0.1) is 0 Å². The zero-order valence-corrected chi connectivity index (χ0v) is 10.4. The Morgan fingerprint density at radius 1 is 1.59 bits per heavy atom. The lowest BCUT2D eigenvalue weighted by atomic mass is 10.2. The standard InChI is InChI=1S/C12H15NO3S/c1-7-10(4-5-16-7)17-11-6-8(12(14)15)2-3-9(11)13/h2-3,6-7,10H,4-5,13H2,1H3,(H,14,15). The lowest BCUT2D eigenvalue weighted by Gasteiger charge is -2.15. The van der Waals surface area contributed by atoms with Crippen molar-refractivity contribution in [3.05, 3.63) is 23.8 Å². The predicted octanol–water partition coefficient (Wildman–Crippen LogP) is 2.24. The molecular weight excluding hydrogens is 238 g/mol. The third-order valence-electron chi connectivity index (χ3n) is 2.85. The van der Waals surface area contributed by atoms with Gasteiger partial charge in [-0.25, -0.2) is 4.79 Å². The molecule has 2 atom stereocenters. The van der Waals surface area contributed by atoms with Gasteiger partial charge in [-0.3, -0.25) is 0 Å². The van der Waals surface area contributed by atoms with E-state index in [4.69, 9.17) is 15.6 Å². The van der Waals surface area contributed by atoms with Gasteiger partial charge in [0.2, 0.25) is 0 Å². The zero-order valence-electron chi connectivity index (χ0n) is 9.55. The number of hydrogen-bond acceptors (Lipinski definition) is 4. The molecule has 17 heavy (non-hydrogen) atoms. The van der Waals surface area contributed by atoms with E-state index in [-0.39, 0.29) is 11.7 Å². The molecule has 0 radical (unpaired) electrons. The van der Waals surface area contributed by atoms with E-state index in [1.165, 1.54) is 6.07 Å². The largest absolute Gasteiger partial charge is 0.478 e. The topological polar surface area (TPSA) is 72.5 Å². The van der Waals surface area contributed by atoms with Crippen LogP contribution in [0.5, 0.6) is 0 Å². The summed E-state index contributed by atoms with van der Waals surface area (Å²) < 4.78 is 5.48. The fourth-order valence-corrected chi connectivity index (χ4v) is 3.01. The van der Waals surface area contributed by atoms with E-state index >= 15 is 0 Å². The Bertz CT molecular complexity index is 436. The van der Waals surface area contributed by atoms with Crippen LogP contribution in [-0.4, -0.2) is 29.0 Å². The summed E-state index contributed by atoms with van der Waals surface area (Å²) in [6.45, 7) is 2.79. The second kappa shape index (κ2) is 4.98. The van der Waals surface area contributed by atoms with Crippen molar-refractivity contribution in [3.8, 4) is 0 Å². The number of ether oxygens (including phenoxy) is 1. The molecule has 92 valence electrons. The molecule has 1 aromatic carbocycles. The highest BCUT2D eigenvalue weighted by atomic mass is 32.2. The van der Waals surface area contributed by atoms with Gasteiger partial charge < -0.3 is 15.6 Å². The smallest absolute Gasteiger partial charge is 0.335 e. The molecule has 0 aromatic heterocycles. The monoisotopic (exact) mass is 253 g/mol. The van der Waals surface area contributed by atoms with E-state index in [0.29, 0.717) is 10.9 Å². The Hall–Kier alpha value is -1.20. The van der Waals surface area contributed by atoms with Crippen LogP contribution in [0.4, 0.5) is 5.69 Å². The highest BCUT2D eigenvalue weighted by molar-refractivity contribution is 8.00. The van der Waals surface area contributed by atoms with E-state index in [9.17, 15) is 4.79 Å². The average Bonchev–Trinajstić information content (AvgIpc) is 2.67. The number of rotatable bonds is 3. The van der Waals surface area contributed by atoms with Crippen molar-refractivity contribution in [2.75, 3.05) is 12.3 Å². The number of hydrogen-bond donors (Lipinski definition) is 2. The summed E-state index contributed by atoms with van der Waals surface area (Å²) in [5.41, 5.74) is 6.75. The molecule has 0 bridgehead atoms. The maximum absolute atomic E-state index is 10.9. The predicted molar refractivity (Wildman–Crippen MR) is 67.5 cm³/mol. The van der Waals surface area contributed by atoms with Crippen molar-refractivity contribution in [1.29, 1.82) is 0 Å². The van der Waals surface area contributed by atoms with Crippen LogP contribution in [0.3, 0.4) is 0 Å². The molecule has 2 rings (SSSR count). The van der Waals surface area contributed by atoms with Gasteiger partial charge in [0.1, 0.15) is 0 Å². The van der Waals surface area contributed by atoms with Gasteiger partial charge in [0.25, 0.3) is 0 Å². The number of carboxylic acid groups (broad SMARTS) is 1. The molecule has 0 amide bonds. The van der Waals surface area contributed by atoms with Crippen molar-refractivity contribution < 1.29 is 14.6 Å². The number of anilines is 1. The van der Waals surface area contributed by atoms with E-state index in [1.54, 1.807) is 23.9 Å². The summed E-state index contributed by atoms with van der Waals surface area (Å²) in [5, 5.41) is 9.29. The third-order valence-corrected chi connectivity index (χ3v) is 4.37. The second-order valence-corrected chi connectivity index (χ2v) is 5.36. The number of benzene rings is 1. The fraction of sp³-hybridized carbons (Fsp3) is 0.417. The minimum absolute atomic E-state index is 0.188. The van der Waals surface area contributed by atoms with Crippen molar-refractivity contribution in [2.24, 2.45) is 0 Å². The number of aromatic carboxylic acids is 1. The molecule has 1 saturated heterocycles. The van der Waals surface area contributed by atoms with E-state index in [1.807, 2.05) is 6.92 Å². The minimum Gasteiger partial charge on any atom is -0.478 e. The van der Waals surface area contributed by atoms with Gasteiger partial charge in [-0.05, 0) is 31.5 Å².